The first kappa shape index (κ1) is 25.6. The van der Waals surface area contributed by atoms with E-state index in [0.717, 1.165) is 11.3 Å². The van der Waals surface area contributed by atoms with Gasteiger partial charge >= 0.3 is 0 Å². The van der Waals surface area contributed by atoms with E-state index in [-0.39, 0.29) is 17.4 Å². The number of thiocarbonyl (C=S) groups is 1. The molecule has 0 bridgehead atoms. The van der Waals surface area contributed by atoms with Crippen LogP contribution in [0, 0.1) is 0 Å². The van der Waals surface area contributed by atoms with E-state index in [9.17, 15) is 4.79 Å². The van der Waals surface area contributed by atoms with E-state index in [1.54, 1.807) is 57.7 Å². The van der Waals surface area contributed by atoms with E-state index in [0.29, 0.717) is 46.1 Å². The summed E-state index contributed by atoms with van der Waals surface area (Å²) in [6.07, 6.45) is 2.24. The molecule has 0 saturated carbocycles. The van der Waals surface area contributed by atoms with Crippen LogP contribution in [0.2, 0.25) is 0 Å². The second-order valence-electron chi connectivity index (χ2n) is 7.84. The predicted molar refractivity (Wildman–Crippen MR) is 145 cm³/mol. The highest BCUT2D eigenvalue weighted by molar-refractivity contribution is 7.80. The lowest BCUT2D eigenvalue weighted by Gasteiger charge is -2.12. The Hall–Kier alpha value is -4.44. The van der Waals surface area contributed by atoms with Crippen molar-refractivity contribution in [2.24, 2.45) is 0 Å². The maximum absolute atomic E-state index is 12.3. The molecular weight excluding hydrogens is 492 g/mol. The van der Waals surface area contributed by atoms with Crippen LogP contribution in [0.5, 0.6) is 28.9 Å². The first-order chi connectivity index (χ1) is 18.0. The molecule has 0 unspecified atom stereocenters. The number of benzene rings is 3. The van der Waals surface area contributed by atoms with E-state index < -0.39 is 0 Å². The van der Waals surface area contributed by atoms with E-state index in [1.165, 1.54) is 6.33 Å². The number of nitrogens with zero attached hydrogens (tertiary/aromatic N) is 2. The Bertz CT molecular complexity index is 1410. The fraction of sp³-hybridized carbons (Fsp3) is 0.185. The summed E-state index contributed by atoms with van der Waals surface area (Å²) >= 11 is 5.29. The van der Waals surface area contributed by atoms with Gasteiger partial charge in [-0.1, -0.05) is 18.2 Å². The highest BCUT2D eigenvalue weighted by atomic mass is 32.1. The molecule has 4 aromatic rings. The summed E-state index contributed by atoms with van der Waals surface area (Å²) in [7, 11) is 4.74. The van der Waals surface area contributed by atoms with E-state index in [4.69, 9.17) is 31.2 Å². The third kappa shape index (κ3) is 6.42. The smallest absolute Gasteiger partial charge is 0.230 e. The molecule has 0 aliphatic rings. The topological polar surface area (TPSA) is 104 Å². The number of para-hydroxylation sites is 1. The van der Waals surface area contributed by atoms with Gasteiger partial charge in [0.2, 0.25) is 11.8 Å². The lowest BCUT2D eigenvalue weighted by molar-refractivity contribution is -0.119. The normalized spacial score (nSPS) is 10.5. The number of aromatic nitrogens is 2. The van der Waals surface area contributed by atoms with Gasteiger partial charge in [0.05, 0.1) is 32.2 Å². The number of hydrogen-bond acceptors (Lipinski definition) is 8. The quantitative estimate of drug-likeness (QED) is 0.300. The Labute approximate surface area is 219 Å². The van der Waals surface area contributed by atoms with Crippen molar-refractivity contribution in [1.82, 2.24) is 15.3 Å². The van der Waals surface area contributed by atoms with Gasteiger partial charge in [-0.05, 0) is 60.6 Å². The number of anilines is 1. The molecule has 2 N–H and O–H groups in total. The molecule has 0 aliphatic heterocycles. The molecule has 0 atom stereocenters. The zero-order chi connectivity index (χ0) is 26.2. The molecule has 4 rings (SSSR count). The molecule has 0 spiro atoms. The second-order valence-corrected chi connectivity index (χ2v) is 8.25. The molecule has 0 saturated heterocycles. The summed E-state index contributed by atoms with van der Waals surface area (Å²) in [5.41, 5.74) is 2.32. The van der Waals surface area contributed by atoms with Crippen LogP contribution in [-0.4, -0.2) is 42.3 Å². The maximum Gasteiger partial charge on any atom is 0.230 e. The van der Waals surface area contributed by atoms with Crippen LogP contribution in [0.4, 0.5) is 5.69 Å². The number of ether oxygens (including phenoxy) is 4. The number of rotatable bonds is 9. The fourth-order valence-electron chi connectivity index (χ4n) is 3.67. The summed E-state index contributed by atoms with van der Waals surface area (Å²) in [4.78, 5) is 20.9. The van der Waals surface area contributed by atoms with Crippen LogP contribution in [0.1, 0.15) is 12.0 Å². The Balaban J connectivity index is 1.35. The van der Waals surface area contributed by atoms with Crippen molar-refractivity contribution in [3.8, 4) is 28.9 Å². The van der Waals surface area contributed by atoms with Gasteiger partial charge in [-0.2, -0.15) is 0 Å². The van der Waals surface area contributed by atoms with Crippen molar-refractivity contribution in [1.29, 1.82) is 0 Å². The SMILES string of the molecule is COc1ccccc1CCC(=O)NC(=S)Nc1ccc(Oc2ncnc3cc(OC)c(OC)cc23)cc1. The van der Waals surface area contributed by atoms with Crippen LogP contribution in [0.15, 0.2) is 67.0 Å². The molecule has 1 aromatic heterocycles. The maximum atomic E-state index is 12.3. The molecule has 10 heteroatoms. The summed E-state index contributed by atoms with van der Waals surface area (Å²) in [6, 6.07) is 18.3. The first-order valence-electron chi connectivity index (χ1n) is 11.4. The van der Waals surface area contributed by atoms with E-state index >= 15 is 0 Å². The molecule has 0 aliphatic carbocycles. The number of carbonyl (C=O) groups is 1. The summed E-state index contributed by atoms with van der Waals surface area (Å²) in [5.74, 6) is 2.63. The van der Waals surface area contributed by atoms with Gasteiger partial charge in [0.15, 0.2) is 16.6 Å². The number of hydrogen-bond donors (Lipinski definition) is 2. The minimum absolute atomic E-state index is 0.189. The zero-order valence-corrected chi connectivity index (χ0v) is 21.4. The predicted octanol–water partition coefficient (Wildman–Crippen LogP) is 4.89. The van der Waals surface area contributed by atoms with Gasteiger partial charge in [-0.15, -0.1) is 0 Å². The van der Waals surface area contributed by atoms with Gasteiger partial charge in [0, 0.05) is 18.2 Å². The third-order valence-corrected chi connectivity index (χ3v) is 5.70. The Morgan fingerprint density at radius 1 is 0.892 bits per heavy atom. The van der Waals surface area contributed by atoms with Crippen molar-refractivity contribution in [3.05, 3.63) is 72.6 Å². The van der Waals surface area contributed by atoms with Gasteiger partial charge in [0.1, 0.15) is 17.8 Å². The van der Waals surface area contributed by atoms with Gasteiger partial charge in [0.25, 0.3) is 0 Å². The lowest BCUT2D eigenvalue weighted by atomic mass is 10.1. The first-order valence-corrected chi connectivity index (χ1v) is 11.8. The number of carbonyl (C=O) groups excluding carboxylic acids is 1. The monoisotopic (exact) mass is 518 g/mol. The van der Waals surface area contributed by atoms with Crippen LogP contribution >= 0.6 is 12.2 Å². The lowest BCUT2D eigenvalue weighted by Crippen LogP contribution is -2.34. The molecule has 37 heavy (non-hydrogen) atoms. The van der Waals surface area contributed by atoms with Gasteiger partial charge < -0.3 is 29.6 Å². The van der Waals surface area contributed by atoms with E-state index in [2.05, 4.69) is 20.6 Å². The van der Waals surface area contributed by atoms with Crippen LogP contribution in [0.3, 0.4) is 0 Å². The van der Waals surface area contributed by atoms with Gasteiger partial charge in [-0.25, -0.2) is 9.97 Å². The second kappa shape index (κ2) is 12.0. The Morgan fingerprint density at radius 2 is 1.59 bits per heavy atom. The molecule has 1 amide bonds. The highest BCUT2D eigenvalue weighted by Crippen LogP contribution is 2.35. The molecule has 0 radical (unpaired) electrons. The number of fused-ring (bicyclic) bond motifs is 1. The van der Waals surface area contributed by atoms with Crippen LogP contribution in [-0.2, 0) is 11.2 Å². The van der Waals surface area contributed by atoms with Crippen LogP contribution < -0.4 is 29.6 Å². The Morgan fingerprint density at radius 3 is 2.32 bits per heavy atom. The molecule has 190 valence electrons. The number of nitrogens with one attached hydrogen (secondary N) is 2. The zero-order valence-electron chi connectivity index (χ0n) is 20.6. The average Bonchev–Trinajstić information content (AvgIpc) is 2.92. The summed E-state index contributed by atoms with van der Waals surface area (Å²) < 4.78 is 22.0. The fourth-order valence-corrected chi connectivity index (χ4v) is 3.90. The summed E-state index contributed by atoms with van der Waals surface area (Å²) in [5, 5.41) is 6.60. The van der Waals surface area contributed by atoms with Crippen molar-refractivity contribution in [3.63, 3.8) is 0 Å². The van der Waals surface area contributed by atoms with Crippen molar-refractivity contribution >= 4 is 39.8 Å². The molecule has 1 heterocycles. The van der Waals surface area contributed by atoms with Crippen molar-refractivity contribution < 1.29 is 23.7 Å². The highest BCUT2D eigenvalue weighted by Gasteiger charge is 2.13. The minimum atomic E-state index is -0.189. The van der Waals surface area contributed by atoms with Crippen molar-refractivity contribution in [2.75, 3.05) is 26.6 Å². The average molecular weight is 519 g/mol. The minimum Gasteiger partial charge on any atom is -0.496 e. The standard InChI is InChI=1S/C27H26N4O5S/c1-33-22-7-5-4-6-17(22)8-13-25(32)31-27(37)30-18-9-11-19(12-10-18)36-26-20-14-23(34-2)24(35-3)15-21(20)28-16-29-26/h4-7,9-12,14-16H,8,13H2,1-3H3,(H2,30,31,32,37). The van der Waals surface area contributed by atoms with Gasteiger partial charge in [-0.3, -0.25) is 4.79 Å². The summed E-state index contributed by atoms with van der Waals surface area (Å²) in [6.45, 7) is 0. The Kier molecular flexibility index (Phi) is 8.32. The third-order valence-electron chi connectivity index (χ3n) is 5.50. The largest absolute Gasteiger partial charge is 0.496 e. The number of methoxy groups -OCH3 is 3. The van der Waals surface area contributed by atoms with E-state index in [1.807, 2.05) is 24.3 Å². The molecule has 9 nitrogen and oxygen atoms in total. The number of amides is 1. The number of aryl methyl sites for hydroxylation is 1. The molecular formula is C27H26N4O5S. The molecule has 0 fully saturated rings. The molecule has 3 aromatic carbocycles. The van der Waals surface area contributed by atoms with Crippen molar-refractivity contribution in [2.45, 2.75) is 12.8 Å². The van der Waals surface area contributed by atoms with Crippen LogP contribution in [0.25, 0.3) is 10.9 Å².